The highest BCUT2D eigenvalue weighted by atomic mass is 16.5. The van der Waals surface area contributed by atoms with E-state index in [-0.39, 0.29) is 5.97 Å². The molecule has 1 aromatic rings. The Morgan fingerprint density at radius 3 is 2.80 bits per heavy atom. The Kier molecular flexibility index (Phi) is 4.48. The molecule has 0 unspecified atom stereocenters. The second-order valence-electron chi connectivity index (χ2n) is 6.66. The van der Waals surface area contributed by atoms with Crippen LogP contribution in [-0.2, 0) is 17.8 Å². The minimum absolute atomic E-state index is 0.289. The van der Waals surface area contributed by atoms with Crippen LogP contribution in [0.2, 0.25) is 0 Å². The molecule has 0 spiro atoms. The molecule has 5 nitrogen and oxygen atoms in total. The topological polar surface area (TPSA) is 47.4 Å². The predicted octanol–water partition coefficient (Wildman–Crippen LogP) is 2.31. The van der Waals surface area contributed by atoms with Gasteiger partial charge in [-0.3, -0.25) is 9.58 Å². The van der Waals surface area contributed by atoms with Crippen LogP contribution in [0.3, 0.4) is 0 Å². The fourth-order valence-electron chi connectivity index (χ4n) is 2.60. The minimum Gasteiger partial charge on any atom is -0.465 e. The molecule has 20 heavy (non-hydrogen) atoms. The molecule has 1 aliphatic rings. The number of ether oxygens (including phenoxy) is 1. The van der Waals surface area contributed by atoms with E-state index in [1.54, 1.807) is 6.20 Å². The van der Waals surface area contributed by atoms with E-state index < -0.39 is 0 Å². The quantitative estimate of drug-likeness (QED) is 0.794. The Morgan fingerprint density at radius 2 is 2.15 bits per heavy atom. The van der Waals surface area contributed by atoms with Crippen LogP contribution >= 0.6 is 0 Å². The van der Waals surface area contributed by atoms with E-state index >= 15 is 0 Å². The molecule has 112 valence electrons. The van der Waals surface area contributed by atoms with Crippen LogP contribution in [0.1, 0.15) is 49.7 Å². The molecule has 0 aliphatic carbocycles. The van der Waals surface area contributed by atoms with Crippen molar-refractivity contribution in [1.29, 1.82) is 0 Å². The van der Waals surface area contributed by atoms with Crippen molar-refractivity contribution in [3.05, 3.63) is 17.5 Å². The Morgan fingerprint density at radius 1 is 1.40 bits per heavy atom. The molecular weight excluding hydrogens is 254 g/mol. The van der Waals surface area contributed by atoms with Gasteiger partial charge in [-0.2, -0.15) is 5.10 Å². The summed E-state index contributed by atoms with van der Waals surface area (Å²) < 4.78 is 6.73. The Bertz CT molecular complexity index is 474. The summed E-state index contributed by atoms with van der Waals surface area (Å²) in [5.74, 6) is -0.289. The fourth-order valence-corrected chi connectivity index (χ4v) is 2.60. The van der Waals surface area contributed by atoms with Crippen LogP contribution in [0.15, 0.2) is 6.20 Å². The van der Waals surface area contributed by atoms with Gasteiger partial charge in [0, 0.05) is 13.1 Å². The lowest BCUT2D eigenvalue weighted by molar-refractivity contribution is 0.0596. The van der Waals surface area contributed by atoms with Gasteiger partial charge in [-0.25, -0.2) is 4.79 Å². The van der Waals surface area contributed by atoms with E-state index in [2.05, 4.69) is 30.8 Å². The van der Waals surface area contributed by atoms with Gasteiger partial charge in [0.15, 0.2) is 0 Å². The normalized spacial score (nSPS) is 16.0. The monoisotopic (exact) mass is 279 g/mol. The predicted molar refractivity (Wildman–Crippen MR) is 77.5 cm³/mol. The summed E-state index contributed by atoms with van der Waals surface area (Å²) in [5.41, 5.74) is 1.97. The summed E-state index contributed by atoms with van der Waals surface area (Å²) in [4.78, 5) is 14.1. The Balaban J connectivity index is 1.96. The van der Waals surface area contributed by atoms with E-state index in [0.717, 1.165) is 31.9 Å². The van der Waals surface area contributed by atoms with Gasteiger partial charge in [-0.05, 0) is 24.8 Å². The molecule has 0 N–H and O–H groups in total. The van der Waals surface area contributed by atoms with Crippen molar-refractivity contribution in [3.63, 3.8) is 0 Å². The number of carbonyl (C=O) groups excluding carboxylic acids is 1. The first-order valence-electron chi connectivity index (χ1n) is 7.26. The van der Waals surface area contributed by atoms with Gasteiger partial charge in [0.2, 0.25) is 0 Å². The molecule has 2 rings (SSSR count). The van der Waals surface area contributed by atoms with E-state index in [1.165, 1.54) is 20.0 Å². The van der Waals surface area contributed by atoms with Gasteiger partial charge < -0.3 is 4.74 Å². The third-order valence-electron chi connectivity index (χ3n) is 3.76. The lowest BCUT2D eigenvalue weighted by Gasteiger charge is -2.29. The van der Waals surface area contributed by atoms with Crippen LogP contribution in [0.4, 0.5) is 0 Å². The van der Waals surface area contributed by atoms with E-state index in [0.29, 0.717) is 11.0 Å². The van der Waals surface area contributed by atoms with E-state index in [9.17, 15) is 4.79 Å². The summed E-state index contributed by atoms with van der Waals surface area (Å²) in [6.45, 7) is 10.5. The summed E-state index contributed by atoms with van der Waals surface area (Å²) >= 11 is 0. The third-order valence-corrected chi connectivity index (χ3v) is 3.76. The van der Waals surface area contributed by atoms with Crippen LogP contribution in [0, 0.1) is 5.41 Å². The number of fused-ring (bicyclic) bond motifs is 1. The van der Waals surface area contributed by atoms with Gasteiger partial charge in [0.05, 0.1) is 25.5 Å². The Labute approximate surface area is 120 Å². The molecule has 0 fully saturated rings. The Hall–Kier alpha value is -1.36. The first-order valence-corrected chi connectivity index (χ1v) is 7.26. The van der Waals surface area contributed by atoms with Crippen molar-refractivity contribution >= 4 is 5.97 Å². The summed E-state index contributed by atoms with van der Waals surface area (Å²) in [6.07, 6.45) is 4.03. The molecule has 5 heteroatoms. The number of nitrogens with zero attached hydrogens (tertiary/aromatic N) is 3. The maximum absolute atomic E-state index is 11.7. The largest absolute Gasteiger partial charge is 0.465 e. The lowest BCUT2D eigenvalue weighted by atomic mass is 9.90. The zero-order valence-corrected chi connectivity index (χ0v) is 13.0. The van der Waals surface area contributed by atoms with Gasteiger partial charge in [-0.15, -0.1) is 0 Å². The third kappa shape index (κ3) is 3.60. The maximum atomic E-state index is 11.7. The van der Waals surface area contributed by atoms with Crippen molar-refractivity contribution in [1.82, 2.24) is 14.7 Å². The van der Waals surface area contributed by atoms with Gasteiger partial charge in [0.25, 0.3) is 0 Å². The van der Waals surface area contributed by atoms with Crippen molar-refractivity contribution in [2.75, 3.05) is 20.2 Å². The van der Waals surface area contributed by atoms with Crippen molar-refractivity contribution in [2.24, 2.45) is 5.41 Å². The van der Waals surface area contributed by atoms with Gasteiger partial charge >= 0.3 is 5.97 Å². The first kappa shape index (κ1) is 15.0. The molecule has 1 aliphatic heterocycles. The zero-order valence-electron chi connectivity index (χ0n) is 13.0. The molecule has 0 atom stereocenters. The molecule has 2 heterocycles. The van der Waals surface area contributed by atoms with E-state index in [1.807, 2.05) is 4.68 Å². The fraction of sp³-hybridized carbons (Fsp3) is 0.733. The average Bonchev–Trinajstić information content (AvgIpc) is 2.79. The highest BCUT2D eigenvalue weighted by molar-refractivity contribution is 5.90. The van der Waals surface area contributed by atoms with Crippen molar-refractivity contribution in [2.45, 2.75) is 46.7 Å². The number of esters is 1. The number of aromatic nitrogens is 2. The van der Waals surface area contributed by atoms with Crippen molar-refractivity contribution < 1.29 is 9.53 Å². The molecule has 0 radical (unpaired) electrons. The van der Waals surface area contributed by atoms with Gasteiger partial charge in [0.1, 0.15) is 5.56 Å². The SMILES string of the molecule is COC(=O)c1cnn2c1CN(CCCC(C)(C)C)CC2. The summed E-state index contributed by atoms with van der Waals surface area (Å²) in [5, 5.41) is 4.27. The minimum atomic E-state index is -0.289. The van der Waals surface area contributed by atoms with Crippen LogP contribution in [0.25, 0.3) is 0 Å². The molecule has 1 aromatic heterocycles. The van der Waals surface area contributed by atoms with Gasteiger partial charge in [-0.1, -0.05) is 20.8 Å². The first-order chi connectivity index (χ1) is 9.40. The molecule has 0 bridgehead atoms. The number of hydrogen-bond donors (Lipinski definition) is 0. The molecule has 0 saturated heterocycles. The maximum Gasteiger partial charge on any atom is 0.341 e. The zero-order chi connectivity index (χ0) is 14.8. The summed E-state index contributed by atoms with van der Waals surface area (Å²) in [6, 6.07) is 0. The molecular formula is C15H25N3O2. The van der Waals surface area contributed by atoms with Crippen LogP contribution < -0.4 is 0 Å². The lowest BCUT2D eigenvalue weighted by Crippen LogP contribution is -2.35. The number of rotatable bonds is 4. The second-order valence-corrected chi connectivity index (χ2v) is 6.66. The standard InChI is InChI=1S/C15H25N3O2/c1-15(2,3)6-5-7-17-8-9-18-13(11-17)12(10-16-18)14(19)20-4/h10H,5-9,11H2,1-4H3. The van der Waals surface area contributed by atoms with Crippen LogP contribution in [-0.4, -0.2) is 40.8 Å². The van der Waals surface area contributed by atoms with Crippen molar-refractivity contribution in [3.8, 4) is 0 Å². The average molecular weight is 279 g/mol. The number of hydrogen-bond acceptors (Lipinski definition) is 4. The number of methoxy groups -OCH3 is 1. The van der Waals surface area contributed by atoms with E-state index in [4.69, 9.17) is 4.74 Å². The molecule has 0 aromatic carbocycles. The molecule has 0 saturated carbocycles. The van der Waals surface area contributed by atoms with Crippen LogP contribution in [0.5, 0.6) is 0 Å². The highest BCUT2D eigenvalue weighted by Crippen LogP contribution is 2.22. The highest BCUT2D eigenvalue weighted by Gasteiger charge is 2.24. The summed E-state index contributed by atoms with van der Waals surface area (Å²) in [7, 11) is 1.41. The smallest absolute Gasteiger partial charge is 0.341 e. The molecule has 0 amide bonds. The second kappa shape index (κ2) is 5.95. The number of carbonyl (C=O) groups is 1.